The van der Waals surface area contributed by atoms with Gasteiger partial charge in [-0.3, -0.25) is 10.1 Å². The van der Waals surface area contributed by atoms with E-state index in [9.17, 15) is 14.9 Å². The predicted octanol–water partition coefficient (Wildman–Crippen LogP) is 3.45. The van der Waals surface area contributed by atoms with E-state index in [1.807, 2.05) is 0 Å². The molecule has 0 unspecified atom stereocenters. The first kappa shape index (κ1) is 20.2. The minimum absolute atomic E-state index is 0.0755. The molecule has 13 heteroatoms. The summed E-state index contributed by atoms with van der Waals surface area (Å²) < 4.78 is 2.92. The van der Waals surface area contributed by atoms with E-state index in [2.05, 4.69) is 36.4 Å². The molecule has 3 aromatic rings. The Kier molecular flexibility index (Phi) is 5.96. The highest BCUT2D eigenvalue weighted by atomic mass is 79.9. The zero-order chi connectivity index (χ0) is 20.4. The van der Waals surface area contributed by atoms with Crippen molar-refractivity contribution in [3.05, 3.63) is 60.4 Å². The molecule has 1 amide bonds. The summed E-state index contributed by atoms with van der Waals surface area (Å²) in [4.78, 5) is 26.5. The van der Waals surface area contributed by atoms with Gasteiger partial charge >= 0.3 is 5.82 Å². The van der Waals surface area contributed by atoms with E-state index in [4.69, 9.17) is 23.2 Å². The minimum Gasteiger partial charge on any atom is -0.358 e. The third-order valence-electron chi connectivity index (χ3n) is 3.75. The summed E-state index contributed by atoms with van der Waals surface area (Å²) >= 11 is 15.4. The molecular formula is C15H12BrCl2N7O3. The highest BCUT2D eigenvalue weighted by Gasteiger charge is 2.24. The summed E-state index contributed by atoms with van der Waals surface area (Å²) in [7, 11) is 0. The van der Waals surface area contributed by atoms with E-state index in [1.165, 1.54) is 15.7 Å². The van der Waals surface area contributed by atoms with Crippen molar-refractivity contribution in [3.8, 4) is 0 Å². The summed E-state index contributed by atoms with van der Waals surface area (Å²) in [5, 5.41) is 22.4. The molecule has 2 aromatic heterocycles. The van der Waals surface area contributed by atoms with Gasteiger partial charge < -0.3 is 10.1 Å². The molecule has 0 saturated heterocycles. The Labute approximate surface area is 176 Å². The van der Waals surface area contributed by atoms with Crippen molar-refractivity contribution in [3.63, 3.8) is 0 Å². The highest BCUT2D eigenvalue weighted by Crippen LogP contribution is 2.27. The number of rotatable bonds is 6. The zero-order valence-electron chi connectivity index (χ0n) is 14.3. The van der Waals surface area contributed by atoms with Gasteiger partial charge in [0.1, 0.15) is 17.3 Å². The number of carbonyl (C=O) groups excluding carboxylic acids is 1. The van der Waals surface area contributed by atoms with Gasteiger partial charge in [0.15, 0.2) is 0 Å². The van der Waals surface area contributed by atoms with Crippen LogP contribution in [0.25, 0.3) is 0 Å². The molecule has 0 saturated carbocycles. The first-order valence-corrected chi connectivity index (χ1v) is 9.30. The molecule has 0 aliphatic heterocycles. The molecule has 2 heterocycles. The third-order valence-corrected chi connectivity index (χ3v) is 5.39. The van der Waals surface area contributed by atoms with E-state index < -0.39 is 10.8 Å². The average Bonchev–Trinajstić information content (AvgIpc) is 3.17. The second-order valence-electron chi connectivity index (χ2n) is 5.65. The molecule has 0 aliphatic rings. The largest absolute Gasteiger partial charge is 0.404 e. The Bertz CT molecular complexity index is 1050. The van der Waals surface area contributed by atoms with Crippen molar-refractivity contribution in [1.29, 1.82) is 0 Å². The van der Waals surface area contributed by atoms with Crippen LogP contribution < -0.4 is 5.32 Å². The minimum atomic E-state index is -0.630. The molecule has 28 heavy (non-hydrogen) atoms. The SMILES string of the molecule is Cc1c(Br)c([N+](=O)[O-])nn1CC(=O)Nc1ncn(Cc2c(Cl)cccc2Cl)n1. The number of hydrogen-bond acceptors (Lipinski definition) is 6. The quantitative estimate of drug-likeness (QED) is 0.419. The second-order valence-corrected chi connectivity index (χ2v) is 7.26. The number of nitro groups is 1. The van der Waals surface area contributed by atoms with Gasteiger partial charge in [-0.15, -0.1) is 5.10 Å². The Hall–Kier alpha value is -2.50. The van der Waals surface area contributed by atoms with Gasteiger partial charge in [0.05, 0.1) is 17.3 Å². The molecule has 0 atom stereocenters. The normalized spacial score (nSPS) is 10.9. The average molecular weight is 489 g/mol. The summed E-state index contributed by atoms with van der Waals surface area (Å²) in [5.74, 6) is -0.766. The second kappa shape index (κ2) is 8.25. The number of halogens is 3. The summed E-state index contributed by atoms with van der Waals surface area (Å²) in [5.41, 5.74) is 1.13. The van der Waals surface area contributed by atoms with Crippen LogP contribution in [0.4, 0.5) is 11.8 Å². The van der Waals surface area contributed by atoms with Gasteiger partial charge in [0, 0.05) is 15.6 Å². The van der Waals surface area contributed by atoms with Crippen molar-refractivity contribution in [2.24, 2.45) is 0 Å². The summed E-state index contributed by atoms with van der Waals surface area (Å²) in [6.07, 6.45) is 1.43. The molecule has 0 bridgehead atoms. The number of carbonyl (C=O) groups is 1. The first-order valence-electron chi connectivity index (χ1n) is 7.75. The van der Waals surface area contributed by atoms with Gasteiger partial charge in [-0.05, 0) is 39.9 Å². The van der Waals surface area contributed by atoms with Crippen molar-refractivity contribution in [2.75, 3.05) is 5.32 Å². The van der Waals surface area contributed by atoms with Crippen LogP contribution in [0.1, 0.15) is 11.3 Å². The fourth-order valence-corrected chi connectivity index (χ4v) is 3.30. The van der Waals surface area contributed by atoms with Gasteiger partial charge in [-0.2, -0.15) is 4.68 Å². The summed E-state index contributed by atoms with van der Waals surface area (Å²) in [6.45, 7) is 1.65. The van der Waals surface area contributed by atoms with Gasteiger partial charge in [-0.25, -0.2) is 9.67 Å². The number of anilines is 1. The molecule has 0 radical (unpaired) electrons. The van der Waals surface area contributed by atoms with Crippen LogP contribution in [0.3, 0.4) is 0 Å². The van der Waals surface area contributed by atoms with E-state index in [0.29, 0.717) is 21.3 Å². The number of hydrogen-bond donors (Lipinski definition) is 1. The van der Waals surface area contributed by atoms with Crippen LogP contribution in [-0.2, 0) is 17.9 Å². The fourth-order valence-electron chi connectivity index (χ4n) is 2.35. The summed E-state index contributed by atoms with van der Waals surface area (Å²) in [6, 6.07) is 5.17. The topological polar surface area (TPSA) is 121 Å². The molecule has 10 nitrogen and oxygen atoms in total. The fraction of sp³-hybridized carbons (Fsp3) is 0.200. The van der Waals surface area contributed by atoms with Crippen LogP contribution in [0.5, 0.6) is 0 Å². The lowest BCUT2D eigenvalue weighted by Crippen LogP contribution is -2.21. The highest BCUT2D eigenvalue weighted by molar-refractivity contribution is 9.10. The molecule has 0 aliphatic carbocycles. The molecule has 1 aromatic carbocycles. The number of nitrogens with zero attached hydrogens (tertiary/aromatic N) is 6. The molecule has 146 valence electrons. The molecule has 3 rings (SSSR count). The maximum absolute atomic E-state index is 12.2. The Morgan fingerprint density at radius 3 is 2.61 bits per heavy atom. The van der Waals surface area contributed by atoms with Crippen molar-refractivity contribution in [2.45, 2.75) is 20.0 Å². The zero-order valence-corrected chi connectivity index (χ0v) is 17.4. The van der Waals surface area contributed by atoms with Crippen LogP contribution >= 0.6 is 39.1 Å². The van der Waals surface area contributed by atoms with Gasteiger partial charge in [-0.1, -0.05) is 29.3 Å². The van der Waals surface area contributed by atoms with Gasteiger partial charge in [0.2, 0.25) is 5.95 Å². The Morgan fingerprint density at radius 1 is 1.32 bits per heavy atom. The van der Waals surface area contributed by atoms with Crippen molar-refractivity contribution in [1.82, 2.24) is 24.5 Å². The Morgan fingerprint density at radius 2 is 2.00 bits per heavy atom. The van der Waals surface area contributed by atoms with Gasteiger partial charge in [0.25, 0.3) is 5.91 Å². The molecular weight excluding hydrogens is 477 g/mol. The van der Waals surface area contributed by atoms with E-state index in [-0.39, 0.29) is 29.3 Å². The molecule has 0 fully saturated rings. The van der Waals surface area contributed by atoms with E-state index >= 15 is 0 Å². The van der Waals surface area contributed by atoms with E-state index in [0.717, 1.165) is 0 Å². The lowest BCUT2D eigenvalue weighted by Gasteiger charge is -2.06. The third kappa shape index (κ3) is 4.32. The van der Waals surface area contributed by atoms with Crippen molar-refractivity contribution < 1.29 is 9.72 Å². The maximum atomic E-state index is 12.2. The standard InChI is InChI=1S/C15H12BrCl2N7O3/c1-8-13(16)14(25(27)28)21-24(8)6-12(26)20-15-19-7-23(22-15)5-9-10(17)3-2-4-11(9)18/h2-4,7H,5-6H2,1H3,(H,20,22,26). The maximum Gasteiger partial charge on any atom is 0.404 e. The van der Waals surface area contributed by atoms with Crippen LogP contribution in [-0.4, -0.2) is 35.4 Å². The van der Waals surface area contributed by atoms with E-state index in [1.54, 1.807) is 25.1 Å². The Balaban J connectivity index is 1.68. The first-order chi connectivity index (χ1) is 13.3. The predicted molar refractivity (Wildman–Crippen MR) is 106 cm³/mol. The lowest BCUT2D eigenvalue weighted by atomic mass is 10.2. The van der Waals surface area contributed by atoms with Crippen LogP contribution in [0.15, 0.2) is 29.0 Å². The van der Waals surface area contributed by atoms with Crippen LogP contribution in [0, 0.1) is 17.0 Å². The molecule has 0 spiro atoms. The van der Waals surface area contributed by atoms with Crippen molar-refractivity contribution >= 4 is 56.8 Å². The smallest absolute Gasteiger partial charge is 0.358 e. The lowest BCUT2D eigenvalue weighted by molar-refractivity contribution is -0.390. The number of amides is 1. The molecule has 1 N–H and O–H groups in total. The number of aromatic nitrogens is 5. The number of nitrogens with one attached hydrogen (secondary N) is 1. The van der Waals surface area contributed by atoms with Crippen LogP contribution in [0.2, 0.25) is 10.0 Å². The monoisotopic (exact) mass is 487 g/mol. The number of benzene rings is 1.